The van der Waals surface area contributed by atoms with Gasteiger partial charge in [0.2, 0.25) is 17.7 Å². The summed E-state index contributed by atoms with van der Waals surface area (Å²) < 4.78 is 0. The van der Waals surface area contributed by atoms with Gasteiger partial charge < -0.3 is 31.9 Å². The van der Waals surface area contributed by atoms with E-state index >= 15 is 0 Å². The molecule has 7 N–H and O–H groups in total. The third-order valence-electron chi connectivity index (χ3n) is 3.81. The lowest BCUT2D eigenvalue weighted by Crippen LogP contribution is -2.58. The number of hydrogen-bond donors (Lipinski definition) is 7. The van der Waals surface area contributed by atoms with E-state index in [0.29, 0.717) is 6.42 Å². The Labute approximate surface area is 161 Å². The van der Waals surface area contributed by atoms with Crippen molar-refractivity contribution in [3.8, 4) is 0 Å². The number of hydrogen-bond acceptors (Lipinski definition) is 7. The lowest BCUT2D eigenvalue weighted by Gasteiger charge is -2.27. The van der Waals surface area contributed by atoms with E-state index in [4.69, 9.17) is 15.9 Å². The Bertz CT molecular complexity index is 572. The molecule has 11 nitrogen and oxygen atoms in total. The second-order valence-electron chi connectivity index (χ2n) is 5.88. The van der Waals surface area contributed by atoms with E-state index < -0.39 is 60.8 Å². The number of carboxylic acids is 2. The van der Waals surface area contributed by atoms with Crippen LogP contribution in [0.15, 0.2) is 0 Å². The lowest BCUT2D eigenvalue weighted by atomic mass is 9.97. The van der Waals surface area contributed by atoms with Gasteiger partial charge in [0.1, 0.15) is 18.1 Å². The fourth-order valence-electron chi connectivity index (χ4n) is 2.04. The molecule has 12 heteroatoms. The van der Waals surface area contributed by atoms with Crippen molar-refractivity contribution in [2.24, 2.45) is 11.7 Å². The van der Waals surface area contributed by atoms with Crippen LogP contribution in [0.5, 0.6) is 0 Å². The summed E-state index contributed by atoms with van der Waals surface area (Å²) in [5.74, 6) is -5.54. The average molecular weight is 406 g/mol. The molecule has 4 unspecified atom stereocenters. The Morgan fingerprint density at radius 2 is 1.59 bits per heavy atom. The van der Waals surface area contributed by atoms with Crippen molar-refractivity contribution in [2.75, 3.05) is 12.3 Å². The highest BCUT2D eigenvalue weighted by molar-refractivity contribution is 7.80. The lowest BCUT2D eigenvalue weighted by molar-refractivity contribution is -0.143. The highest BCUT2D eigenvalue weighted by Crippen LogP contribution is 2.09. The second-order valence-corrected chi connectivity index (χ2v) is 6.24. The van der Waals surface area contributed by atoms with Gasteiger partial charge in [0, 0.05) is 5.75 Å². The average Bonchev–Trinajstić information content (AvgIpc) is 2.61. The number of carboxylic acid groups (broad SMARTS) is 2. The van der Waals surface area contributed by atoms with Crippen molar-refractivity contribution in [3.63, 3.8) is 0 Å². The predicted octanol–water partition coefficient (Wildman–Crippen LogP) is -2.07. The van der Waals surface area contributed by atoms with Gasteiger partial charge in [-0.05, 0) is 5.92 Å². The summed E-state index contributed by atoms with van der Waals surface area (Å²) in [4.78, 5) is 58.3. The summed E-state index contributed by atoms with van der Waals surface area (Å²) >= 11 is 3.85. The van der Waals surface area contributed by atoms with E-state index in [9.17, 15) is 24.0 Å². The minimum atomic E-state index is -1.43. The maximum atomic E-state index is 12.4. The minimum Gasteiger partial charge on any atom is -0.481 e. The quantitative estimate of drug-likeness (QED) is 0.180. The van der Waals surface area contributed by atoms with Crippen molar-refractivity contribution in [3.05, 3.63) is 0 Å². The Morgan fingerprint density at radius 1 is 1.00 bits per heavy atom. The van der Waals surface area contributed by atoms with Gasteiger partial charge in [-0.15, -0.1) is 0 Å². The Morgan fingerprint density at radius 3 is 2.00 bits per heavy atom. The van der Waals surface area contributed by atoms with Crippen molar-refractivity contribution in [1.29, 1.82) is 0 Å². The molecule has 0 aromatic carbocycles. The summed E-state index contributed by atoms with van der Waals surface area (Å²) in [5, 5.41) is 24.8. The molecule has 0 radical (unpaired) electrons. The molecule has 4 atom stereocenters. The van der Waals surface area contributed by atoms with Crippen molar-refractivity contribution in [1.82, 2.24) is 16.0 Å². The van der Waals surface area contributed by atoms with Gasteiger partial charge in [0.25, 0.3) is 0 Å². The first-order valence-corrected chi connectivity index (χ1v) is 8.86. The van der Waals surface area contributed by atoms with Gasteiger partial charge in [-0.2, -0.15) is 12.6 Å². The SMILES string of the molecule is CCC(C)C(NC(=O)C(CC(=O)O)NC(=O)CN)C(=O)NC(CS)C(=O)O. The smallest absolute Gasteiger partial charge is 0.327 e. The van der Waals surface area contributed by atoms with Crippen molar-refractivity contribution in [2.45, 2.75) is 44.8 Å². The number of nitrogens with one attached hydrogen (secondary N) is 3. The number of thiol groups is 1. The molecule has 0 aromatic rings. The van der Waals surface area contributed by atoms with Crippen LogP contribution >= 0.6 is 12.6 Å². The Hall–Kier alpha value is -2.34. The molecule has 0 bridgehead atoms. The first-order chi connectivity index (χ1) is 12.6. The number of carbonyl (C=O) groups excluding carboxylic acids is 3. The standard InChI is InChI=1S/C15H26N4O7S/c1-3-7(2)12(14(24)18-9(6-27)15(25)26)19-13(23)8(4-11(21)22)17-10(20)5-16/h7-9,12,27H,3-6,16H2,1-2H3,(H,17,20)(H,18,24)(H,19,23)(H,21,22)(H,25,26). The van der Waals surface area contributed by atoms with Crippen LogP contribution in [0.25, 0.3) is 0 Å². The molecule has 0 fully saturated rings. The molecular weight excluding hydrogens is 380 g/mol. The topological polar surface area (TPSA) is 188 Å². The summed E-state index contributed by atoms with van der Waals surface area (Å²) in [6.07, 6.45) is -0.240. The van der Waals surface area contributed by atoms with E-state index in [-0.39, 0.29) is 11.7 Å². The first-order valence-electron chi connectivity index (χ1n) is 8.22. The fraction of sp³-hybridized carbons (Fsp3) is 0.667. The number of aliphatic carboxylic acids is 2. The van der Waals surface area contributed by atoms with Crippen LogP contribution in [0.2, 0.25) is 0 Å². The highest BCUT2D eigenvalue weighted by Gasteiger charge is 2.32. The van der Waals surface area contributed by atoms with Gasteiger partial charge in [0.15, 0.2) is 0 Å². The molecule has 0 aliphatic heterocycles. The summed E-state index contributed by atoms with van der Waals surface area (Å²) in [5.41, 5.74) is 5.15. The van der Waals surface area contributed by atoms with Crippen LogP contribution in [0, 0.1) is 5.92 Å². The maximum Gasteiger partial charge on any atom is 0.327 e. The zero-order valence-electron chi connectivity index (χ0n) is 15.1. The first kappa shape index (κ1) is 24.7. The zero-order chi connectivity index (χ0) is 21.1. The third-order valence-corrected chi connectivity index (χ3v) is 4.17. The Balaban J connectivity index is 5.36. The van der Waals surface area contributed by atoms with Gasteiger partial charge in [0.05, 0.1) is 13.0 Å². The summed E-state index contributed by atoms with van der Waals surface area (Å²) in [7, 11) is 0. The van der Waals surface area contributed by atoms with Gasteiger partial charge >= 0.3 is 11.9 Å². The monoisotopic (exact) mass is 406 g/mol. The van der Waals surface area contributed by atoms with E-state index in [2.05, 4.69) is 28.6 Å². The zero-order valence-corrected chi connectivity index (χ0v) is 16.0. The van der Waals surface area contributed by atoms with Crippen LogP contribution in [-0.4, -0.2) is 70.3 Å². The third kappa shape index (κ3) is 8.73. The number of nitrogens with two attached hydrogens (primary N) is 1. The molecular formula is C15H26N4O7S. The normalized spacial score (nSPS) is 15.0. The van der Waals surface area contributed by atoms with Crippen LogP contribution in [0.3, 0.4) is 0 Å². The maximum absolute atomic E-state index is 12.4. The minimum absolute atomic E-state index is 0.156. The van der Waals surface area contributed by atoms with Crippen LogP contribution in [-0.2, 0) is 24.0 Å². The molecule has 0 rings (SSSR count). The molecule has 3 amide bonds. The summed E-state index contributed by atoms with van der Waals surface area (Å²) in [6.45, 7) is 2.97. The van der Waals surface area contributed by atoms with Crippen LogP contribution in [0.1, 0.15) is 26.7 Å². The molecule has 0 aliphatic carbocycles. The van der Waals surface area contributed by atoms with E-state index in [1.54, 1.807) is 13.8 Å². The van der Waals surface area contributed by atoms with Gasteiger partial charge in [-0.25, -0.2) is 4.79 Å². The molecule has 0 heterocycles. The molecule has 0 spiro atoms. The largest absolute Gasteiger partial charge is 0.481 e. The van der Waals surface area contributed by atoms with E-state index in [1.807, 2.05) is 0 Å². The van der Waals surface area contributed by atoms with Gasteiger partial charge in [-0.1, -0.05) is 20.3 Å². The Kier molecular flexibility index (Phi) is 11.1. The summed E-state index contributed by atoms with van der Waals surface area (Å²) in [6, 6.07) is -3.82. The predicted molar refractivity (Wildman–Crippen MR) is 98.0 cm³/mol. The highest BCUT2D eigenvalue weighted by atomic mass is 32.1. The number of rotatable bonds is 12. The van der Waals surface area contributed by atoms with Crippen LogP contribution < -0.4 is 21.7 Å². The van der Waals surface area contributed by atoms with Crippen molar-refractivity contribution >= 4 is 42.3 Å². The molecule has 0 aromatic heterocycles. The van der Waals surface area contributed by atoms with Crippen LogP contribution in [0.4, 0.5) is 0 Å². The second kappa shape index (κ2) is 12.1. The van der Waals surface area contributed by atoms with Crippen molar-refractivity contribution < 1.29 is 34.2 Å². The fourth-order valence-corrected chi connectivity index (χ4v) is 2.29. The number of carbonyl (C=O) groups is 5. The number of amides is 3. The van der Waals surface area contributed by atoms with E-state index in [1.165, 1.54) is 0 Å². The van der Waals surface area contributed by atoms with Gasteiger partial charge in [-0.3, -0.25) is 19.2 Å². The molecule has 0 saturated heterocycles. The molecule has 154 valence electrons. The van der Waals surface area contributed by atoms with E-state index in [0.717, 1.165) is 0 Å². The molecule has 27 heavy (non-hydrogen) atoms. The molecule has 0 aliphatic rings. The molecule has 0 saturated carbocycles.